The van der Waals surface area contributed by atoms with E-state index in [1.54, 1.807) is 6.92 Å². The fourth-order valence-electron chi connectivity index (χ4n) is 1.69. The van der Waals surface area contributed by atoms with Gasteiger partial charge in [0.2, 0.25) is 0 Å². The molecule has 7 heteroatoms. The largest absolute Gasteiger partial charge is 0.481 e. The lowest BCUT2D eigenvalue weighted by molar-refractivity contribution is -0.143. The van der Waals surface area contributed by atoms with E-state index in [9.17, 15) is 14.4 Å². The number of carboxylic acids is 1. The highest BCUT2D eigenvalue weighted by Crippen LogP contribution is 2.02. The maximum absolute atomic E-state index is 11.4. The van der Waals surface area contributed by atoms with Gasteiger partial charge < -0.3 is 20.5 Å². The number of hydrogen-bond donors (Lipinski definition) is 3. The molecule has 122 valence electrons. The second-order valence-corrected chi connectivity index (χ2v) is 4.65. The van der Waals surface area contributed by atoms with Crippen molar-refractivity contribution < 1.29 is 24.2 Å². The SMILES string of the molecule is CCOC(=O)CCCNC(=O)NCCCCCCC(=O)O. The number of esters is 1. The Morgan fingerprint density at radius 1 is 0.905 bits per heavy atom. The summed E-state index contributed by atoms with van der Waals surface area (Å²) in [5.74, 6) is -1.02. The van der Waals surface area contributed by atoms with Crippen molar-refractivity contribution in [1.82, 2.24) is 10.6 Å². The molecule has 0 aromatic rings. The molecule has 2 amide bonds. The highest BCUT2D eigenvalue weighted by molar-refractivity contribution is 5.74. The number of nitrogens with one attached hydrogen (secondary N) is 2. The first-order valence-corrected chi connectivity index (χ1v) is 7.45. The van der Waals surface area contributed by atoms with E-state index in [0.717, 1.165) is 19.3 Å². The molecule has 7 nitrogen and oxygen atoms in total. The fourth-order valence-corrected chi connectivity index (χ4v) is 1.69. The van der Waals surface area contributed by atoms with Crippen LogP contribution in [0.2, 0.25) is 0 Å². The van der Waals surface area contributed by atoms with E-state index < -0.39 is 5.97 Å². The van der Waals surface area contributed by atoms with Gasteiger partial charge in [0.1, 0.15) is 0 Å². The molecule has 0 aromatic carbocycles. The van der Waals surface area contributed by atoms with Crippen molar-refractivity contribution in [1.29, 1.82) is 0 Å². The minimum Gasteiger partial charge on any atom is -0.481 e. The van der Waals surface area contributed by atoms with Crippen LogP contribution in [0.15, 0.2) is 0 Å². The lowest BCUT2D eigenvalue weighted by Crippen LogP contribution is -2.36. The Hall–Kier alpha value is -1.79. The van der Waals surface area contributed by atoms with Gasteiger partial charge >= 0.3 is 18.0 Å². The Morgan fingerprint density at radius 2 is 1.52 bits per heavy atom. The second-order valence-electron chi connectivity index (χ2n) is 4.65. The summed E-state index contributed by atoms with van der Waals surface area (Å²) in [5.41, 5.74) is 0. The molecule has 0 radical (unpaired) electrons. The van der Waals surface area contributed by atoms with Gasteiger partial charge in [0.15, 0.2) is 0 Å². The molecule has 21 heavy (non-hydrogen) atoms. The van der Waals surface area contributed by atoms with Crippen LogP contribution >= 0.6 is 0 Å². The number of hydrogen-bond acceptors (Lipinski definition) is 4. The number of carboxylic acid groups (broad SMARTS) is 1. The monoisotopic (exact) mass is 302 g/mol. The van der Waals surface area contributed by atoms with Gasteiger partial charge in [0.25, 0.3) is 0 Å². The number of unbranched alkanes of at least 4 members (excludes halogenated alkanes) is 3. The molecule has 0 fully saturated rings. The van der Waals surface area contributed by atoms with Gasteiger partial charge in [-0.2, -0.15) is 0 Å². The zero-order valence-electron chi connectivity index (χ0n) is 12.7. The third-order valence-electron chi connectivity index (χ3n) is 2.75. The van der Waals surface area contributed by atoms with Crippen LogP contribution in [0, 0.1) is 0 Å². The Morgan fingerprint density at radius 3 is 2.14 bits per heavy atom. The summed E-state index contributed by atoms with van der Waals surface area (Å²) >= 11 is 0. The third-order valence-corrected chi connectivity index (χ3v) is 2.75. The quantitative estimate of drug-likeness (QED) is 0.376. The minimum absolute atomic E-state index is 0.203. The van der Waals surface area contributed by atoms with Crippen LogP contribution in [-0.2, 0) is 14.3 Å². The third kappa shape index (κ3) is 14.4. The standard InChI is InChI=1S/C14H26N2O5/c1-2-21-13(19)9-7-11-16-14(20)15-10-6-4-3-5-8-12(17)18/h2-11H2,1H3,(H,17,18)(H2,15,16,20). The molecule has 0 aromatic heterocycles. The van der Waals surface area contributed by atoms with Gasteiger partial charge in [-0.3, -0.25) is 9.59 Å². The van der Waals surface area contributed by atoms with Crippen molar-refractivity contribution in [2.24, 2.45) is 0 Å². The Balaban J connectivity index is 3.31. The Bertz CT molecular complexity index is 320. The molecule has 0 saturated heterocycles. The molecule has 0 aliphatic rings. The normalized spacial score (nSPS) is 9.95. The van der Waals surface area contributed by atoms with Crippen LogP contribution < -0.4 is 10.6 Å². The summed E-state index contributed by atoms with van der Waals surface area (Å²) in [7, 11) is 0. The van der Waals surface area contributed by atoms with Crippen LogP contribution in [0.4, 0.5) is 4.79 Å². The van der Waals surface area contributed by atoms with E-state index in [4.69, 9.17) is 9.84 Å². The fraction of sp³-hybridized carbons (Fsp3) is 0.786. The molecule has 0 aliphatic carbocycles. The molecule has 3 N–H and O–H groups in total. The van der Waals surface area contributed by atoms with Crippen molar-refractivity contribution in [2.75, 3.05) is 19.7 Å². The summed E-state index contributed by atoms with van der Waals surface area (Å²) in [5, 5.41) is 13.8. The minimum atomic E-state index is -0.768. The zero-order valence-corrected chi connectivity index (χ0v) is 12.7. The Kier molecular flexibility index (Phi) is 12.1. The maximum atomic E-state index is 11.4. The number of amides is 2. The summed E-state index contributed by atoms with van der Waals surface area (Å²) in [6.45, 7) is 3.13. The van der Waals surface area contributed by atoms with E-state index in [1.165, 1.54) is 0 Å². The van der Waals surface area contributed by atoms with Gasteiger partial charge in [-0.05, 0) is 26.2 Å². The number of carbonyl (C=O) groups excluding carboxylic acids is 2. The summed E-state index contributed by atoms with van der Waals surface area (Å²) in [6.07, 6.45) is 4.32. The molecule has 0 aliphatic heterocycles. The molecule has 0 unspecified atom stereocenters. The van der Waals surface area contributed by atoms with Crippen molar-refractivity contribution >= 4 is 18.0 Å². The Labute approximate surface area is 125 Å². The summed E-state index contributed by atoms with van der Waals surface area (Å²) in [6, 6.07) is -0.246. The van der Waals surface area contributed by atoms with E-state index in [-0.39, 0.29) is 18.4 Å². The predicted molar refractivity (Wildman–Crippen MR) is 78.0 cm³/mol. The molecule has 0 bridgehead atoms. The summed E-state index contributed by atoms with van der Waals surface area (Å²) < 4.78 is 4.77. The van der Waals surface area contributed by atoms with Gasteiger partial charge in [-0.15, -0.1) is 0 Å². The number of aliphatic carboxylic acids is 1. The van der Waals surface area contributed by atoms with E-state index in [0.29, 0.717) is 39.0 Å². The average molecular weight is 302 g/mol. The van der Waals surface area contributed by atoms with Gasteiger partial charge in [-0.25, -0.2) is 4.79 Å². The van der Waals surface area contributed by atoms with E-state index in [2.05, 4.69) is 10.6 Å². The second kappa shape index (κ2) is 13.2. The molecule has 0 rings (SSSR count). The van der Waals surface area contributed by atoms with E-state index >= 15 is 0 Å². The van der Waals surface area contributed by atoms with Gasteiger partial charge in [-0.1, -0.05) is 12.8 Å². The highest BCUT2D eigenvalue weighted by atomic mass is 16.5. The number of ether oxygens (including phenoxy) is 1. The van der Waals surface area contributed by atoms with Crippen LogP contribution in [0.25, 0.3) is 0 Å². The topological polar surface area (TPSA) is 105 Å². The van der Waals surface area contributed by atoms with E-state index in [1.807, 2.05) is 0 Å². The van der Waals surface area contributed by atoms with Gasteiger partial charge in [0.05, 0.1) is 6.61 Å². The van der Waals surface area contributed by atoms with Crippen LogP contribution in [0.5, 0.6) is 0 Å². The number of urea groups is 1. The maximum Gasteiger partial charge on any atom is 0.314 e. The smallest absolute Gasteiger partial charge is 0.314 e. The van der Waals surface area contributed by atoms with Crippen molar-refractivity contribution in [2.45, 2.75) is 51.9 Å². The zero-order chi connectivity index (χ0) is 15.9. The van der Waals surface area contributed by atoms with Crippen LogP contribution in [0.3, 0.4) is 0 Å². The molecular weight excluding hydrogens is 276 g/mol. The van der Waals surface area contributed by atoms with Crippen molar-refractivity contribution in [3.05, 3.63) is 0 Å². The number of carbonyl (C=O) groups is 3. The van der Waals surface area contributed by atoms with Gasteiger partial charge in [0, 0.05) is 25.9 Å². The predicted octanol–water partition coefficient (Wildman–Crippen LogP) is 1.66. The molecular formula is C14H26N2O5. The first-order chi connectivity index (χ1) is 10.1. The van der Waals surface area contributed by atoms with Crippen LogP contribution in [-0.4, -0.2) is 42.8 Å². The first-order valence-electron chi connectivity index (χ1n) is 7.45. The van der Waals surface area contributed by atoms with Crippen molar-refractivity contribution in [3.63, 3.8) is 0 Å². The highest BCUT2D eigenvalue weighted by Gasteiger charge is 2.03. The van der Waals surface area contributed by atoms with Crippen molar-refractivity contribution in [3.8, 4) is 0 Å². The molecule has 0 atom stereocenters. The first kappa shape index (κ1) is 19.2. The van der Waals surface area contributed by atoms with Crippen LogP contribution in [0.1, 0.15) is 51.9 Å². The molecule has 0 heterocycles. The lowest BCUT2D eigenvalue weighted by atomic mass is 10.1. The average Bonchev–Trinajstić information content (AvgIpc) is 2.42. The lowest BCUT2D eigenvalue weighted by Gasteiger charge is -2.07. The summed E-state index contributed by atoms with van der Waals surface area (Å²) in [4.78, 5) is 32.7. The molecule has 0 saturated carbocycles. The number of rotatable bonds is 12. The molecule has 0 spiro atoms.